The van der Waals surface area contributed by atoms with Crippen LogP contribution in [0.5, 0.6) is 5.75 Å². The number of pyridine rings is 1. The summed E-state index contributed by atoms with van der Waals surface area (Å²) in [5.74, 6) is 2.41. The highest BCUT2D eigenvalue weighted by atomic mass is 16.5. The van der Waals surface area contributed by atoms with Gasteiger partial charge in [-0.25, -0.2) is 9.78 Å². The molecule has 3 aliphatic heterocycles. The van der Waals surface area contributed by atoms with Crippen LogP contribution >= 0.6 is 0 Å². The minimum absolute atomic E-state index is 0.0220. The summed E-state index contributed by atoms with van der Waals surface area (Å²) in [6.07, 6.45) is 2.88. The summed E-state index contributed by atoms with van der Waals surface area (Å²) in [4.78, 5) is 37.8. The van der Waals surface area contributed by atoms with Crippen LogP contribution in [-0.4, -0.2) is 72.1 Å². The lowest BCUT2D eigenvalue weighted by Crippen LogP contribution is -2.55. The Morgan fingerprint density at radius 1 is 1.15 bits per heavy atom. The van der Waals surface area contributed by atoms with E-state index in [2.05, 4.69) is 37.7 Å². The van der Waals surface area contributed by atoms with Gasteiger partial charge in [0.2, 0.25) is 5.91 Å². The van der Waals surface area contributed by atoms with E-state index in [1.807, 2.05) is 45.0 Å². The number of hydrazine groups is 1. The molecule has 5 rings (SSSR count). The summed E-state index contributed by atoms with van der Waals surface area (Å²) in [6.45, 7) is 10.4. The SMILES string of the molecule is CCc1nc(N2CC3(CCN(C(=O)CC(C)C)CC3)N(Cc3cccc(OC)c3)C2=O)ccc1C1CNNC1. The number of benzene rings is 1. The molecule has 0 radical (unpaired) electrons. The number of aryl methyl sites for hydroxylation is 1. The van der Waals surface area contributed by atoms with Gasteiger partial charge in [-0.05, 0) is 54.5 Å². The molecule has 3 fully saturated rings. The molecule has 39 heavy (non-hydrogen) atoms. The van der Waals surface area contributed by atoms with Crippen molar-refractivity contribution in [2.45, 2.75) is 64.5 Å². The van der Waals surface area contributed by atoms with Gasteiger partial charge in [0.05, 0.1) is 19.2 Å². The number of hydrogen-bond acceptors (Lipinski definition) is 6. The van der Waals surface area contributed by atoms with E-state index < -0.39 is 0 Å². The van der Waals surface area contributed by atoms with Crippen LogP contribution in [0.25, 0.3) is 0 Å². The van der Waals surface area contributed by atoms with Crippen LogP contribution in [0.4, 0.5) is 10.6 Å². The Bertz CT molecular complexity index is 1190. The Balaban J connectivity index is 1.43. The molecule has 4 heterocycles. The third kappa shape index (κ3) is 5.61. The summed E-state index contributed by atoms with van der Waals surface area (Å²) in [5.41, 5.74) is 9.38. The quantitative estimate of drug-likeness (QED) is 0.537. The van der Waals surface area contributed by atoms with Gasteiger partial charge in [0.25, 0.3) is 0 Å². The third-order valence-electron chi connectivity index (χ3n) is 8.46. The molecule has 0 bridgehead atoms. The van der Waals surface area contributed by atoms with Gasteiger partial charge >= 0.3 is 6.03 Å². The van der Waals surface area contributed by atoms with Crippen molar-refractivity contribution in [2.24, 2.45) is 5.92 Å². The van der Waals surface area contributed by atoms with Crippen LogP contribution in [-0.2, 0) is 17.8 Å². The molecule has 0 atom stereocenters. The van der Waals surface area contributed by atoms with Crippen LogP contribution in [0.1, 0.15) is 62.8 Å². The highest BCUT2D eigenvalue weighted by molar-refractivity contribution is 5.94. The fraction of sp³-hybridized carbons (Fsp3) is 0.567. The Hall–Kier alpha value is -3.17. The van der Waals surface area contributed by atoms with E-state index in [1.54, 1.807) is 7.11 Å². The average Bonchev–Trinajstić information content (AvgIpc) is 3.57. The van der Waals surface area contributed by atoms with Gasteiger partial charge in [0.15, 0.2) is 0 Å². The number of carbonyl (C=O) groups is 2. The van der Waals surface area contributed by atoms with Crippen LogP contribution < -0.4 is 20.5 Å². The van der Waals surface area contributed by atoms with Gasteiger partial charge in [-0.3, -0.25) is 20.5 Å². The number of rotatable bonds is 8. The minimum atomic E-state index is -0.360. The molecule has 0 unspecified atom stereocenters. The highest BCUT2D eigenvalue weighted by Crippen LogP contribution is 2.40. The molecule has 2 N–H and O–H groups in total. The summed E-state index contributed by atoms with van der Waals surface area (Å²) in [7, 11) is 1.66. The second kappa shape index (κ2) is 11.5. The van der Waals surface area contributed by atoms with E-state index in [1.165, 1.54) is 5.56 Å². The number of nitrogens with zero attached hydrogens (tertiary/aromatic N) is 4. The zero-order valence-electron chi connectivity index (χ0n) is 23.7. The van der Waals surface area contributed by atoms with Gasteiger partial charge in [-0.2, -0.15) is 0 Å². The fourth-order valence-electron chi connectivity index (χ4n) is 6.23. The number of ether oxygens (including phenoxy) is 1. The number of aromatic nitrogens is 1. The largest absolute Gasteiger partial charge is 0.497 e. The second-order valence-electron chi connectivity index (χ2n) is 11.5. The first-order chi connectivity index (χ1) is 18.8. The first-order valence-corrected chi connectivity index (χ1v) is 14.3. The predicted molar refractivity (Wildman–Crippen MR) is 152 cm³/mol. The van der Waals surface area contributed by atoms with E-state index in [0.29, 0.717) is 50.3 Å². The molecule has 1 spiro atoms. The Kier molecular flexibility index (Phi) is 8.09. The van der Waals surface area contributed by atoms with E-state index in [9.17, 15) is 9.59 Å². The van der Waals surface area contributed by atoms with Gasteiger partial charge in [0.1, 0.15) is 11.6 Å². The highest BCUT2D eigenvalue weighted by Gasteiger charge is 2.52. The molecular weight excluding hydrogens is 492 g/mol. The number of nitrogens with one attached hydrogen (secondary N) is 2. The molecule has 0 saturated carbocycles. The second-order valence-corrected chi connectivity index (χ2v) is 11.5. The van der Waals surface area contributed by atoms with Crippen LogP contribution in [0.15, 0.2) is 36.4 Å². The number of amides is 3. The lowest BCUT2D eigenvalue weighted by atomic mass is 9.86. The zero-order valence-corrected chi connectivity index (χ0v) is 23.7. The van der Waals surface area contributed by atoms with E-state index in [0.717, 1.165) is 49.4 Å². The lowest BCUT2D eigenvalue weighted by molar-refractivity contribution is -0.134. The van der Waals surface area contributed by atoms with Gasteiger partial charge < -0.3 is 14.5 Å². The molecule has 9 heteroatoms. The summed E-state index contributed by atoms with van der Waals surface area (Å²) in [6, 6.07) is 12.1. The van der Waals surface area contributed by atoms with Crippen LogP contribution in [0.3, 0.4) is 0 Å². The van der Waals surface area contributed by atoms with Gasteiger partial charge in [0, 0.05) is 50.8 Å². The molecule has 3 saturated heterocycles. The molecule has 0 aliphatic carbocycles. The molecule has 3 amide bonds. The minimum Gasteiger partial charge on any atom is -0.497 e. The van der Waals surface area contributed by atoms with Crippen molar-refractivity contribution < 1.29 is 14.3 Å². The number of hydrogen-bond donors (Lipinski definition) is 2. The maximum atomic E-state index is 14.1. The number of piperidine rings is 1. The first-order valence-electron chi connectivity index (χ1n) is 14.3. The van der Waals surface area contributed by atoms with Crippen molar-refractivity contribution in [3.8, 4) is 5.75 Å². The van der Waals surface area contributed by atoms with Gasteiger partial charge in [-0.1, -0.05) is 39.0 Å². The van der Waals surface area contributed by atoms with Crippen LogP contribution in [0.2, 0.25) is 0 Å². The molecule has 9 nitrogen and oxygen atoms in total. The monoisotopic (exact) mass is 534 g/mol. The first kappa shape index (κ1) is 27.4. The van der Waals surface area contributed by atoms with Crippen molar-refractivity contribution in [3.05, 3.63) is 53.2 Å². The topological polar surface area (TPSA) is 90.0 Å². The smallest absolute Gasteiger partial charge is 0.326 e. The number of likely N-dealkylation sites (tertiary alicyclic amines) is 1. The molecule has 210 valence electrons. The van der Waals surface area contributed by atoms with Crippen LogP contribution in [0, 0.1) is 5.92 Å². The zero-order chi connectivity index (χ0) is 27.6. The van der Waals surface area contributed by atoms with E-state index in [-0.39, 0.29) is 17.5 Å². The molecule has 1 aromatic carbocycles. The lowest BCUT2D eigenvalue weighted by Gasteiger charge is -2.44. The molecule has 2 aromatic rings. The number of carbonyl (C=O) groups excluding carboxylic acids is 2. The van der Waals surface area contributed by atoms with E-state index >= 15 is 0 Å². The normalized spacial score (nSPS) is 19.5. The molecule has 1 aromatic heterocycles. The summed E-state index contributed by atoms with van der Waals surface area (Å²) in [5, 5.41) is 0. The summed E-state index contributed by atoms with van der Waals surface area (Å²) < 4.78 is 5.45. The number of anilines is 1. The number of methoxy groups -OCH3 is 1. The summed E-state index contributed by atoms with van der Waals surface area (Å²) >= 11 is 0. The average molecular weight is 535 g/mol. The van der Waals surface area contributed by atoms with Crippen molar-refractivity contribution in [1.29, 1.82) is 0 Å². The van der Waals surface area contributed by atoms with Crippen molar-refractivity contribution in [2.75, 3.05) is 44.7 Å². The predicted octanol–water partition coefficient (Wildman–Crippen LogP) is 3.69. The maximum Gasteiger partial charge on any atom is 0.326 e. The Morgan fingerprint density at radius 2 is 1.90 bits per heavy atom. The fourth-order valence-corrected chi connectivity index (χ4v) is 6.23. The van der Waals surface area contributed by atoms with Crippen molar-refractivity contribution in [1.82, 2.24) is 25.6 Å². The third-order valence-corrected chi connectivity index (χ3v) is 8.46. The maximum absolute atomic E-state index is 14.1. The standard InChI is InChI=1S/C30H42N6O3/c1-5-26-25(23-17-31-32-18-23)9-10-27(33-26)35-20-30(11-13-34(14-12-30)28(37)15-21(2)3)36(29(35)38)19-22-7-6-8-24(16-22)39-4/h6-10,16,21,23,31-32H,5,11-15,17-20H2,1-4H3. The Morgan fingerprint density at radius 3 is 2.56 bits per heavy atom. The molecule has 3 aliphatic rings. The number of urea groups is 1. The van der Waals surface area contributed by atoms with Gasteiger partial charge in [-0.15, -0.1) is 0 Å². The Labute approximate surface area is 231 Å². The van der Waals surface area contributed by atoms with E-state index in [4.69, 9.17) is 9.72 Å². The van der Waals surface area contributed by atoms with Crippen molar-refractivity contribution >= 4 is 17.8 Å². The van der Waals surface area contributed by atoms with Crippen molar-refractivity contribution in [3.63, 3.8) is 0 Å². The molecular formula is C30H42N6O3.